The van der Waals surface area contributed by atoms with Gasteiger partial charge in [0.1, 0.15) is 5.69 Å². The fourth-order valence-electron chi connectivity index (χ4n) is 2.62. The van der Waals surface area contributed by atoms with Gasteiger partial charge < -0.3 is 10.1 Å². The molecule has 0 aliphatic carbocycles. The number of aromatic nitrogens is 2. The zero-order chi connectivity index (χ0) is 15.4. The van der Waals surface area contributed by atoms with Gasteiger partial charge in [-0.15, -0.1) is 0 Å². The Kier molecular flexibility index (Phi) is 5.42. The Labute approximate surface area is 134 Å². The van der Waals surface area contributed by atoms with E-state index in [9.17, 15) is 0 Å². The predicted molar refractivity (Wildman–Crippen MR) is 88.9 cm³/mol. The first-order chi connectivity index (χ1) is 10.1. The molecule has 0 bridgehead atoms. The average Bonchev–Trinajstić information content (AvgIpc) is 2.85. The Morgan fingerprint density at radius 1 is 1.43 bits per heavy atom. The van der Waals surface area contributed by atoms with Crippen molar-refractivity contribution in [1.29, 1.82) is 0 Å². The second-order valence-electron chi connectivity index (χ2n) is 5.04. The smallest absolute Gasteiger partial charge is 0.161 e. The van der Waals surface area contributed by atoms with Gasteiger partial charge in [-0.05, 0) is 43.7 Å². The van der Waals surface area contributed by atoms with Gasteiger partial charge in [-0.25, -0.2) is 0 Å². The highest BCUT2D eigenvalue weighted by molar-refractivity contribution is 9.10. The lowest BCUT2D eigenvalue weighted by Gasteiger charge is -2.21. The summed E-state index contributed by atoms with van der Waals surface area (Å²) >= 11 is 3.52. The number of halogens is 1. The molecular weight excluding hydrogens is 330 g/mol. The largest absolute Gasteiger partial charge is 0.493 e. The molecule has 1 unspecified atom stereocenters. The molecule has 0 aliphatic heterocycles. The molecule has 114 valence electrons. The third-order valence-electron chi connectivity index (χ3n) is 3.61. The van der Waals surface area contributed by atoms with Crippen molar-refractivity contribution in [2.75, 3.05) is 14.2 Å². The van der Waals surface area contributed by atoms with Crippen molar-refractivity contribution >= 4 is 15.9 Å². The summed E-state index contributed by atoms with van der Waals surface area (Å²) in [7, 11) is 3.66. The predicted octanol–water partition coefficient (Wildman–Crippen LogP) is 3.68. The van der Waals surface area contributed by atoms with Crippen molar-refractivity contribution in [3.05, 3.63) is 45.7 Å². The third-order valence-corrected chi connectivity index (χ3v) is 4.10. The summed E-state index contributed by atoms with van der Waals surface area (Å²) in [5.41, 5.74) is 3.54. The van der Waals surface area contributed by atoms with Crippen molar-refractivity contribution in [2.24, 2.45) is 0 Å². The Hall–Kier alpha value is -1.33. The molecule has 2 aromatic rings. The number of benzene rings is 1. The summed E-state index contributed by atoms with van der Waals surface area (Å²) in [4.78, 5) is 0. The molecule has 0 radical (unpaired) electrons. The van der Waals surface area contributed by atoms with Crippen molar-refractivity contribution in [2.45, 2.75) is 32.9 Å². The van der Waals surface area contributed by atoms with E-state index < -0.39 is 0 Å². The minimum absolute atomic E-state index is 0.0575. The Morgan fingerprint density at radius 2 is 2.19 bits per heavy atom. The lowest BCUT2D eigenvalue weighted by Crippen LogP contribution is -2.23. The van der Waals surface area contributed by atoms with Crippen LogP contribution in [-0.2, 0) is 6.54 Å². The van der Waals surface area contributed by atoms with Crippen molar-refractivity contribution in [3.8, 4) is 5.75 Å². The molecule has 21 heavy (non-hydrogen) atoms. The van der Waals surface area contributed by atoms with E-state index in [1.54, 1.807) is 13.3 Å². The van der Waals surface area contributed by atoms with E-state index in [0.29, 0.717) is 0 Å². The van der Waals surface area contributed by atoms with Crippen LogP contribution >= 0.6 is 15.9 Å². The van der Waals surface area contributed by atoms with Crippen LogP contribution in [-0.4, -0.2) is 23.9 Å². The lowest BCUT2D eigenvalue weighted by atomic mass is 9.98. The third kappa shape index (κ3) is 3.30. The van der Waals surface area contributed by atoms with Gasteiger partial charge in [0.2, 0.25) is 0 Å². The Bertz CT molecular complexity index is 610. The van der Waals surface area contributed by atoms with Gasteiger partial charge in [0.05, 0.1) is 19.3 Å². The molecule has 1 N–H and O–H groups in total. The maximum absolute atomic E-state index is 5.51. The number of aryl methyl sites for hydroxylation is 2. The highest BCUT2D eigenvalue weighted by Crippen LogP contribution is 2.32. The van der Waals surface area contributed by atoms with Crippen LogP contribution in [0.1, 0.15) is 36.2 Å². The van der Waals surface area contributed by atoms with Crippen LogP contribution < -0.4 is 10.1 Å². The van der Waals surface area contributed by atoms with E-state index in [2.05, 4.69) is 58.4 Å². The molecule has 0 saturated carbocycles. The zero-order valence-corrected chi connectivity index (χ0v) is 14.6. The minimum atomic E-state index is 0.0575. The molecule has 2 rings (SSSR count). The Balaban J connectivity index is 2.52. The summed E-state index contributed by atoms with van der Waals surface area (Å²) in [6.07, 6.45) is 2.83. The maximum atomic E-state index is 5.51. The van der Waals surface area contributed by atoms with E-state index in [-0.39, 0.29) is 6.04 Å². The summed E-state index contributed by atoms with van der Waals surface area (Å²) in [5, 5.41) is 7.86. The van der Waals surface area contributed by atoms with Crippen LogP contribution in [0.5, 0.6) is 5.75 Å². The van der Waals surface area contributed by atoms with Gasteiger partial charge >= 0.3 is 0 Å². The molecule has 5 heteroatoms. The van der Waals surface area contributed by atoms with Gasteiger partial charge in [0, 0.05) is 11.0 Å². The molecule has 1 aromatic carbocycles. The van der Waals surface area contributed by atoms with Crippen molar-refractivity contribution in [1.82, 2.24) is 15.1 Å². The molecule has 0 aliphatic rings. The van der Waals surface area contributed by atoms with Gasteiger partial charge in [0.15, 0.2) is 5.75 Å². The monoisotopic (exact) mass is 351 g/mol. The van der Waals surface area contributed by atoms with Gasteiger partial charge in [-0.1, -0.05) is 28.9 Å². The number of hydrogen-bond acceptors (Lipinski definition) is 3. The van der Waals surface area contributed by atoms with Gasteiger partial charge in [-0.2, -0.15) is 5.10 Å². The first-order valence-electron chi connectivity index (χ1n) is 7.15. The topological polar surface area (TPSA) is 39.1 Å². The number of methoxy groups -OCH3 is 1. The summed E-state index contributed by atoms with van der Waals surface area (Å²) < 4.78 is 8.63. The summed E-state index contributed by atoms with van der Waals surface area (Å²) in [5.74, 6) is 0.824. The summed E-state index contributed by atoms with van der Waals surface area (Å²) in [6, 6.07) is 6.40. The number of hydrogen-bond donors (Lipinski definition) is 1. The molecule has 0 saturated heterocycles. The quantitative estimate of drug-likeness (QED) is 0.862. The normalized spacial score (nSPS) is 12.4. The highest BCUT2D eigenvalue weighted by atomic mass is 79.9. The fraction of sp³-hybridized carbons (Fsp3) is 0.438. The zero-order valence-electron chi connectivity index (χ0n) is 13.0. The number of rotatable bonds is 6. The van der Waals surface area contributed by atoms with Crippen LogP contribution in [0.25, 0.3) is 0 Å². The number of nitrogens with one attached hydrogen (secondary N) is 1. The molecule has 1 heterocycles. The van der Waals surface area contributed by atoms with Crippen LogP contribution in [0.15, 0.2) is 28.9 Å². The first kappa shape index (κ1) is 16.0. The standard InChI is InChI=1S/C16H22BrN3O/c1-5-8-20-16(14(21-4)10-19-20)15(18-3)13-7-6-12(17)9-11(13)2/h6-7,9-10,15,18H,5,8H2,1-4H3. The van der Waals surface area contributed by atoms with Crippen LogP contribution in [0.2, 0.25) is 0 Å². The van der Waals surface area contributed by atoms with E-state index in [4.69, 9.17) is 4.74 Å². The molecular formula is C16H22BrN3O. The molecule has 1 atom stereocenters. The Morgan fingerprint density at radius 3 is 2.76 bits per heavy atom. The van der Waals surface area contributed by atoms with E-state index in [1.165, 1.54) is 11.1 Å². The fourth-order valence-corrected chi connectivity index (χ4v) is 3.09. The van der Waals surface area contributed by atoms with E-state index >= 15 is 0 Å². The first-order valence-corrected chi connectivity index (χ1v) is 7.94. The minimum Gasteiger partial charge on any atom is -0.493 e. The maximum Gasteiger partial charge on any atom is 0.161 e. The van der Waals surface area contributed by atoms with E-state index in [1.807, 2.05) is 11.7 Å². The molecule has 1 aromatic heterocycles. The van der Waals surface area contributed by atoms with Crippen molar-refractivity contribution in [3.63, 3.8) is 0 Å². The summed E-state index contributed by atoms with van der Waals surface area (Å²) in [6.45, 7) is 5.15. The number of ether oxygens (including phenoxy) is 1. The molecule has 0 spiro atoms. The second-order valence-corrected chi connectivity index (χ2v) is 5.96. The van der Waals surface area contributed by atoms with E-state index in [0.717, 1.165) is 28.9 Å². The molecule has 0 fully saturated rings. The molecule has 0 amide bonds. The average molecular weight is 352 g/mol. The lowest BCUT2D eigenvalue weighted by molar-refractivity contribution is 0.400. The van der Waals surface area contributed by atoms with Gasteiger partial charge in [-0.3, -0.25) is 4.68 Å². The second kappa shape index (κ2) is 7.09. The van der Waals surface area contributed by atoms with Crippen LogP contribution in [0.4, 0.5) is 0 Å². The van der Waals surface area contributed by atoms with Crippen molar-refractivity contribution < 1.29 is 4.74 Å². The highest BCUT2D eigenvalue weighted by Gasteiger charge is 2.23. The van der Waals surface area contributed by atoms with Gasteiger partial charge in [0.25, 0.3) is 0 Å². The number of nitrogens with zero attached hydrogens (tertiary/aromatic N) is 2. The van der Waals surface area contributed by atoms with Crippen LogP contribution in [0, 0.1) is 6.92 Å². The van der Waals surface area contributed by atoms with Crippen LogP contribution in [0.3, 0.4) is 0 Å². The SMILES string of the molecule is CCCn1ncc(OC)c1C(NC)c1ccc(Br)cc1C. The molecule has 4 nitrogen and oxygen atoms in total.